The van der Waals surface area contributed by atoms with E-state index >= 15 is 0 Å². The Morgan fingerprint density at radius 3 is 1.00 bits per heavy atom. The fourth-order valence-electron chi connectivity index (χ4n) is 5.54. The zero-order valence-corrected chi connectivity index (χ0v) is 36.3. The summed E-state index contributed by atoms with van der Waals surface area (Å²) in [6.07, 6.45) is 24.3. The maximum absolute atomic E-state index is 6.67. The highest BCUT2D eigenvalue weighted by Gasteiger charge is 2.32. The van der Waals surface area contributed by atoms with Crippen LogP contribution in [-0.4, -0.2) is 67.8 Å². The van der Waals surface area contributed by atoms with Crippen molar-refractivity contribution in [3.63, 3.8) is 0 Å². The zero-order chi connectivity index (χ0) is 33.2. The molecule has 4 nitrogen and oxygen atoms in total. The normalized spacial score (nSPS) is 12.9. The van der Waals surface area contributed by atoms with Crippen molar-refractivity contribution >= 4 is 50.5 Å². The molecule has 0 aliphatic heterocycles. The highest BCUT2D eigenvalue weighted by molar-refractivity contribution is 9.09. The molecular weight excluding hydrogens is 649 g/mol. The van der Waals surface area contributed by atoms with E-state index in [0.717, 1.165) is 65.0 Å². The number of unbranched alkanes of at least 4 members (excludes halogenated alkanes) is 10. The van der Waals surface area contributed by atoms with Gasteiger partial charge in [0.05, 0.1) is 19.0 Å². The van der Waals surface area contributed by atoms with Crippen LogP contribution in [0.3, 0.4) is 0 Å². The Morgan fingerprint density at radius 2 is 0.711 bits per heavy atom. The van der Waals surface area contributed by atoms with Crippen molar-refractivity contribution in [3.8, 4) is 0 Å². The molecule has 0 amide bonds. The van der Waals surface area contributed by atoms with Gasteiger partial charge in [0, 0.05) is 37.9 Å². The van der Waals surface area contributed by atoms with Crippen LogP contribution in [0.2, 0.25) is 12.1 Å². The molecule has 0 saturated heterocycles. The molecule has 0 bridgehead atoms. The second kappa shape index (κ2) is 35.2. The zero-order valence-electron chi connectivity index (χ0n) is 31.1. The van der Waals surface area contributed by atoms with Crippen molar-refractivity contribution in [3.05, 3.63) is 0 Å². The smallest absolute Gasteiger partial charge is 0.145 e. The van der Waals surface area contributed by atoms with E-state index in [2.05, 4.69) is 41.5 Å². The Balaban J connectivity index is 4.82. The molecule has 0 heterocycles. The van der Waals surface area contributed by atoms with Crippen LogP contribution in [0.1, 0.15) is 170 Å². The van der Waals surface area contributed by atoms with Crippen LogP contribution in [0.4, 0.5) is 0 Å². The van der Waals surface area contributed by atoms with E-state index in [0.29, 0.717) is 0 Å². The standard InChI is InChI=1S/C36H78O4S3Si2/c1-7-13-19-27-37-35(44-33-17-11-5,38-28-20-14-8-2)25-23-31-41-43-42-32-24-26-36(45-34-18-12-6,39-29-21-15-9-3)40-30-22-16-10-4/h7-34,44-45H2,1-6H3. The average Bonchev–Trinajstić information content (AvgIpc) is 3.05. The third kappa shape index (κ3) is 27.8. The second-order valence-corrected chi connectivity index (χ2v) is 21.9. The average molecular weight is 727 g/mol. The first-order chi connectivity index (χ1) is 22.1. The lowest BCUT2D eigenvalue weighted by Gasteiger charge is -2.35. The monoisotopic (exact) mass is 726 g/mol. The van der Waals surface area contributed by atoms with E-state index in [9.17, 15) is 0 Å². The first kappa shape index (κ1) is 46.3. The van der Waals surface area contributed by atoms with Crippen LogP contribution in [-0.2, 0) is 18.9 Å². The third-order valence-electron chi connectivity index (χ3n) is 8.44. The van der Waals surface area contributed by atoms with E-state index in [1.165, 1.54) is 113 Å². The van der Waals surface area contributed by atoms with Crippen molar-refractivity contribution in [1.29, 1.82) is 0 Å². The Morgan fingerprint density at radius 1 is 0.400 bits per heavy atom. The summed E-state index contributed by atoms with van der Waals surface area (Å²) >= 11 is 0. The lowest BCUT2D eigenvalue weighted by molar-refractivity contribution is -0.186. The summed E-state index contributed by atoms with van der Waals surface area (Å²) in [7, 11) is 5.17. The summed E-state index contributed by atoms with van der Waals surface area (Å²) < 4.78 is 26.7. The minimum atomic E-state index is -0.439. The van der Waals surface area contributed by atoms with Crippen molar-refractivity contribution in [2.75, 3.05) is 37.9 Å². The maximum Gasteiger partial charge on any atom is 0.145 e. The minimum absolute atomic E-state index is 0.242. The predicted octanol–water partition coefficient (Wildman–Crippen LogP) is 11.5. The molecule has 0 atom stereocenters. The van der Waals surface area contributed by atoms with Gasteiger partial charge in [0.1, 0.15) is 10.8 Å². The molecule has 0 aliphatic rings. The van der Waals surface area contributed by atoms with E-state index < -0.39 is 19.0 Å². The van der Waals surface area contributed by atoms with Crippen molar-refractivity contribution in [2.24, 2.45) is 0 Å². The van der Waals surface area contributed by atoms with Crippen LogP contribution >= 0.6 is 31.4 Å². The predicted molar refractivity (Wildman–Crippen MR) is 215 cm³/mol. The Bertz CT molecular complexity index is 521. The number of hydrogen-bond donors (Lipinski definition) is 0. The van der Waals surface area contributed by atoms with Gasteiger partial charge in [-0.15, -0.1) is 0 Å². The number of rotatable bonds is 38. The van der Waals surface area contributed by atoms with Gasteiger partial charge in [0.15, 0.2) is 0 Å². The second-order valence-electron chi connectivity index (χ2n) is 12.9. The molecule has 0 aliphatic carbocycles. The lowest BCUT2D eigenvalue weighted by Crippen LogP contribution is -2.43. The molecule has 0 saturated carbocycles. The van der Waals surface area contributed by atoms with E-state index in [1.54, 1.807) is 0 Å². The summed E-state index contributed by atoms with van der Waals surface area (Å²) in [6, 6.07) is 2.67. The summed E-state index contributed by atoms with van der Waals surface area (Å²) in [6.45, 7) is 17.2. The highest BCUT2D eigenvalue weighted by Crippen LogP contribution is 2.37. The third-order valence-corrected chi connectivity index (χ3v) is 17.6. The van der Waals surface area contributed by atoms with Gasteiger partial charge in [-0.1, -0.05) is 152 Å². The summed E-state index contributed by atoms with van der Waals surface area (Å²) in [5, 5.41) is 0. The van der Waals surface area contributed by atoms with Gasteiger partial charge in [0.25, 0.3) is 0 Å². The molecule has 0 N–H and O–H groups in total. The molecule has 0 unspecified atom stereocenters. The van der Waals surface area contributed by atoms with Gasteiger partial charge in [-0.25, -0.2) is 0 Å². The van der Waals surface area contributed by atoms with Crippen LogP contribution < -0.4 is 0 Å². The minimum Gasteiger partial charge on any atom is -0.354 e. The first-order valence-corrected chi connectivity index (χ1v) is 26.8. The largest absolute Gasteiger partial charge is 0.354 e. The summed E-state index contributed by atoms with van der Waals surface area (Å²) in [4.78, 5) is 0. The lowest BCUT2D eigenvalue weighted by atomic mass is 10.2. The topological polar surface area (TPSA) is 36.9 Å². The molecule has 9 heteroatoms. The quantitative estimate of drug-likeness (QED) is 0.0271. The van der Waals surface area contributed by atoms with Crippen LogP contribution in [0, 0.1) is 0 Å². The molecule has 0 radical (unpaired) electrons. The SMILES string of the molecule is CCCCCOC(CCCSSSCCCC(OCCCCC)(OCCCCC)[SiH2]CCCC)(OCCCCC)[SiH2]CCCC. The fraction of sp³-hybridized carbons (Fsp3) is 1.00. The van der Waals surface area contributed by atoms with Crippen molar-refractivity contribution < 1.29 is 18.9 Å². The van der Waals surface area contributed by atoms with E-state index in [-0.39, 0.29) is 10.8 Å². The molecule has 0 spiro atoms. The van der Waals surface area contributed by atoms with Gasteiger partial charge < -0.3 is 18.9 Å². The highest BCUT2D eigenvalue weighted by atomic mass is 33.5. The molecule has 0 aromatic heterocycles. The van der Waals surface area contributed by atoms with Gasteiger partial charge in [0.2, 0.25) is 0 Å². The Hall–Kier alpha value is 1.32. The number of hydrogen-bond acceptors (Lipinski definition) is 7. The Labute approximate surface area is 298 Å². The molecule has 0 fully saturated rings. The van der Waals surface area contributed by atoms with E-state index in [1.807, 2.05) is 31.4 Å². The van der Waals surface area contributed by atoms with Gasteiger partial charge in [-0.3, -0.25) is 0 Å². The van der Waals surface area contributed by atoms with Crippen LogP contribution in [0.15, 0.2) is 0 Å². The van der Waals surface area contributed by atoms with Gasteiger partial charge in [-0.2, -0.15) is 0 Å². The number of ether oxygens (including phenoxy) is 4. The first-order valence-electron chi connectivity index (χ1n) is 19.5. The van der Waals surface area contributed by atoms with Crippen molar-refractivity contribution in [2.45, 2.75) is 193 Å². The summed E-state index contributed by atoms with van der Waals surface area (Å²) in [5.41, 5.74) is -0.484. The Kier molecular flexibility index (Phi) is 36.2. The van der Waals surface area contributed by atoms with Gasteiger partial charge in [-0.05, 0) is 61.2 Å². The van der Waals surface area contributed by atoms with E-state index in [4.69, 9.17) is 18.9 Å². The molecule has 0 rings (SSSR count). The van der Waals surface area contributed by atoms with Gasteiger partial charge >= 0.3 is 0 Å². The van der Waals surface area contributed by atoms with Crippen molar-refractivity contribution in [1.82, 2.24) is 0 Å². The fourth-order valence-corrected chi connectivity index (χ4v) is 14.2. The molecule has 0 aromatic carbocycles. The molecular formula is C36H78O4S3Si2. The summed E-state index contributed by atoms with van der Waals surface area (Å²) in [5.74, 6) is 2.35. The maximum atomic E-state index is 6.67. The van der Waals surface area contributed by atoms with Crippen LogP contribution in [0.25, 0.3) is 0 Å². The molecule has 272 valence electrons. The molecule has 0 aromatic rings. The van der Waals surface area contributed by atoms with Crippen LogP contribution in [0.5, 0.6) is 0 Å². The molecule has 45 heavy (non-hydrogen) atoms.